The van der Waals surface area contributed by atoms with Gasteiger partial charge in [-0.25, -0.2) is 0 Å². The van der Waals surface area contributed by atoms with Crippen LogP contribution < -0.4 is 19.9 Å². The van der Waals surface area contributed by atoms with E-state index in [4.69, 9.17) is 29.6 Å². The molecule has 0 fully saturated rings. The van der Waals surface area contributed by atoms with E-state index in [0.29, 0.717) is 28.4 Å². The molecule has 0 spiro atoms. The first kappa shape index (κ1) is 13.6. The highest BCUT2D eigenvalue weighted by molar-refractivity contribution is 5.78. The van der Waals surface area contributed by atoms with Crippen LogP contribution in [-0.2, 0) is 0 Å². The van der Waals surface area contributed by atoms with Gasteiger partial charge < -0.3 is 24.4 Å². The van der Waals surface area contributed by atoms with Crippen molar-refractivity contribution in [1.82, 2.24) is 0 Å². The number of nitrogen functional groups attached to an aromatic ring is 1. The summed E-state index contributed by atoms with van der Waals surface area (Å²) in [5.74, 6) is 1.54. The summed E-state index contributed by atoms with van der Waals surface area (Å²) < 4.78 is 20.9. The summed E-state index contributed by atoms with van der Waals surface area (Å²) in [4.78, 5) is 0. The quantitative estimate of drug-likeness (QED) is 0.920. The average molecular weight is 274 g/mol. The third-order valence-electron chi connectivity index (χ3n) is 2.91. The van der Waals surface area contributed by atoms with Gasteiger partial charge in [0.2, 0.25) is 11.6 Å². The lowest BCUT2D eigenvalue weighted by Gasteiger charge is -2.13. The minimum absolute atomic E-state index is 0.0799. The zero-order chi connectivity index (χ0) is 14.7. The van der Waals surface area contributed by atoms with Crippen LogP contribution in [0.3, 0.4) is 0 Å². The molecule has 104 valence electrons. The number of anilines is 1. The van der Waals surface area contributed by atoms with Gasteiger partial charge in [-0.2, -0.15) is 5.26 Å². The zero-order valence-corrected chi connectivity index (χ0v) is 11.4. The number of rotatable bonds is 4. The number of nitrogens with two attached hydrogens (primary N) is 1. The first-order valence-corrected chi connectivity index (χ1v) is 5.73. The normalized spacial score (nSPS) is 9.90. The van der Waals surface area contributed by atoms with Gasteiger partial charge in [0, 0.05) is 5.56 Å². The van der Waals surface area contributed by atoms with E-state index in [-0.39, 0.29) is 11.4 Å². The molecule has 0 saturated heterocycles. The summed E-state index contributed by atoms with van der Waals surface area (Å²) in [6.45, 7) is 0. The first-order chi connectivity index (χ1) is 9.65. The predicted molar refractivity (Wildman–Crippen MR) is 72.9 cm³/mol. The summed E-state index contributed by atoms with van der Waals surface area (Å²) in [6, 6.07) is 5.47. The van der Waals surface area contributed by atoms with Gasteiger partial charge >= 0.3 is 0 Å². The second kappa shape index (κ2) is 5.45. The topological polar surface area (TPSA) is 90.6 Å². The molecule has 1 aromatic heterocycles. The number of hydrogen-bond acceptors (Lipinski definition) is 6. The number of nitrogens with zero attached hydrogens (tertiary/aromatic N) is 1. The molecule has 6 heteroatoms. The van der Waals surface area contributed by atoms with Gasteiger partial charge in [-0.15, -0.1) is 0 Å². The second-order valence-electron chi connectivity index (χ2n) is 3.91. The summed E-state index contributed by atoms with van der Waals surface area (Å²) >= 11 is 0. The van der Waals surface area contributed by atoms with Crippen LogP contribution in [0.4, 0.5) is 5.88 Å². The molecule has 0 aliphatic carbocycles. The molecule has 0 amide bonds. The van der Waals surface area contributed by atoms with Crippen molar-refractivity contribution < 1.29 is 18.6 Å². The minimum Gasteiger partial charge on any atom is -0.493 e. The van der Waals surface area contributed by atoms with Gasteiger partial charge in [0.1, 0.15) is 17.9 Å². The molecule has 2 rings (SSSR count). The van der Waals surface area contributed by atoms with Crippen molar-refractivity contribution >= 4 is 5.88 Å². The molecule has 20 heavy (non-hydrogen) atoms. The average Bonchev–Trinajstić information content (AvgIpc) is 2.86. The zero-order valence-electron chi connectivity index (χ0n) is 11.4. The van der Waals surface area contributed by atoms with Crippen molar-refractivity contribution in [2.45, 2.75) is 0 Å². The van der Waals surface area contributed by atoms with Gasteiger partial charge in [-0.05, 0) is 17.7 Å². The largest absolute Gasteiger partial charge is 0.493 e. The number of furan rings is 1. The van der Waals surface area contributed by atoms with E-state index in [9.17, 15) is 0 Å². The molecule has 1 aromatic carbocycles. The highest BCUT2D eigenvalue weighted by Crippen LogP contribution is 2.42. The van der Waals surface area contributed by atoms with Crippen LogP contribution >= 0.6 is 0 Å². The van der Waals surface area contributed by atoms with Crippen molar-refractivity contribution in [3.63, 3.8) is 0 Å². The molecular weight excluding hydrogens is 260 g/mol. The van der Waals surface area contributed by atoms with Crippen LogP contribution in [0.25, 0.3) is 11.1 Å². The van der Waals surface area contributed by atoms with Gasteiger partial charge in [-0.1, -0.05) is 0 Å². The van der Waals surface area contributed by atoms with Crippen LogP contribution in [0.1, 0.15) is 5.56 Å². The Kier molecular flexibility index (Phi) is 3.71. The third-order valence-corrected chi connectivity index (χ3v) is 2.91. The standard InChI is InChI=1S/C14H14N2O4/c1-17-11-4-8(5-12(18-2)13(11)19-3)10-7-20-14(16)9(10)6-15/h4-5,7H,16H2,1-3H3. The highest BCUT2D eigenvalue weighted by Gasteiger charge is 2.18. The van der Waals surface area contributed by atoms with E-state index >= 15 is 0 Å². The number of nitriles is 1. The molecule has 0 aliphatic rings. The monoisotopic (exact) mass is 274 g/mol. The van der Waals surface area contributed by atoms with E-state index in [1.54, 1.807) is 12.1 Å². The van der Waals surface area contributed by atoms with Crippen LogP contribution in [0.2, 0.25) is 0 Å². The Balaban J connectivity index is 2.66. The highest BCUT2D eigenvalue weighted by atomic mass is 16.5. The van der Waals surface area contributed by atoms with Crippen molar-refractivity contribution in [2.75, 3.05) is 27.1 Å². The molecule has 0 aliphatic heterocycles. The molecule has 0 atom stereocenters. The fraction of sp³-hybridized carbons (Fsp3) is 0.214. The number of ether oxygens (including phenoxy) is 3. The minimum atomic E-state index is 0.0799. The summed E-state index contributed by atoms with van der Waals surface area (Å²) in [6.07, 6.45) is 1.43. The maximum atomic E-state index is 9.13. The molecule has 0 radical (unpaired) electrons. The van der Waals surface area contributed by atoms with Crippen LogP contribution in [0, 0.1) is 11.3 Å². The molecule has 0 saturated carbocycles. The Morgan fingerprint density at radius 3 is 2.15 bits per heavy atom. The smallest absolute Gasteiger partial charge is 0.208 e. The summed E-state index contributed by atoms with van der Waals surface area (Å²) in [7, 11) is 4.57. The van der Waals surface area contributed by atoms with Gasteiger partial charge in [0.05, 0.1) is 21.3 Å². The Morgan fingerprint density at radius 2 is 1.70 bits per heavy atom. The molecule has 2 aromatic rings. The van der Waals surface area contributed by atoms with Crippen molar-refractivity contribution in [3.8, 4) is 34.4 Å². The Labute approximate surface area is 116 Å². The second-order valence-corrected chi connectivity index (χ2v) is 3.91. The molecule has 6 nitrogen and oxygen atoms in total. The van der Waals surface area contributed by atoms with Crippen LogP contribution in [0.5, 0.6) is 17.2 Å². The molecule has 0 bridgehead atoms. The lowest BCUT2D eigenvalue weighted by Crippen LogP contribution is -1.96. The summed E-state index contributed by atoms with van der Waals surface area (Å²) in [5.41, 5.74) is 7.15. The van der Waals surface area contributed by atoms with E-state index in [1.807, 2.05) is 6.07 Å². The third kappa shape index (κ3) is 2.10. The fourth-order valence-corrected chi connectivity index (χ4v) is 1.94. The van der Waals surface area contributed by atoms with E-state index in [0.717, 1.165) is 0 Å². The molecule has 1 heterocycles. The van der Waals surface area contributed by atoms with E-state index in [2.05, 4.69) is 0 Å². The number of hydrogen-bond donors (Lipinski definition) is 1. The maximum absolute atomic E-state index is 9.13. The lowest BCUT2D eigenvalue weighted by molar-refractivity contribution is 0.324. The summed E-state index contributed by atoms with van der Waals surface area (Å²) in [5, 5.41) is 9.13. The van der Waals surface area contributed by atoms with Crippen molar-refractivity contribution in [3.05, 3.63) is 24.0 Å². The molecule has 2 N–H and O–H groups in total. The molecular formula is C14H14N2O4. The fourth-order valence-electron chi connectivity index (χ4n) is 1.94. The Morgan fingerprint density at radius 1 is 1.10 bits per heavy atom. The van der Waals surface area contributed by atoms with Crippen LogP contribution in [-0.4, -0.2) is 21.3 Å². The predicted octanol–water partition coefficient (Wildman–Crippen LogP) is 2.43. The van der Waals surface area contributed by atoms with Gasteiger partial charge in [-0.3, -0.25) is 0 Å². The van der Waals surface area contributed by atoms with E-state index < -0.39 is 0 Å². The van der Waals surface area contributed by atoms with Gasteiger partial charge in [0.15, 0.2) is 11.5 Å². The van der Waals surface area contributed by atoms with Gasteiger partial charge in [0.25, 0.3) is 0 Å². The SMILES string of the molecule is COc1cc(-c2coc(N)c2C#N)cc(OC)c1OC. The lowest BCUT2D eigenvalue weighted by atomic mass is 10.0. The van der Waals surface area contributed by atoms with E-state index in [1.165, 1.54) is 27.6 Å². The first-order valence-electron chi connectivity index (χ1n) is 5.73. The van der Waals surface area contributed by atoms with Crippen molar-refractivity contribution in [2.24, 2.45) is 0 Å². The maximum Gasteiger partial charge on any atom is 0.208 e. The molecule has 0 unspecified atom stereocenters. The number of benzene rings is 1. The van der Waals surface area contributed by atoms with Crippen LogP contribution in [0.15, 0.2) is 22.8 Å². The number of methoxy groups -OCH3 is 3. The Bertz CT molecular complexity index is 645. The Hall–Kier alpha value is -2.81. The van der Waals surface area contributed by atoms with Crippen molar-refractivity contribution in [1.29, 1.82) is 5.26 Å².